The normalized spacial score (nSPS) is 14.8. The first-order valence-corrected chi connectivity index (χ1v) is 7.89. The molecule has 2 atom stereocenters. The topological polar surface area (TPSA) is 89.5 Å². The zero-order valence-corrected chi connectivity index (χ0v) is 12.9. The standard InChI is InChI=1S/C12H23NO5S/c1-8(2)10(4)13-11(14)7-19(16,17)9(3)6-12(15)18-5/h8-10H,6-7H2,1-5H3,(H,13,14). The zero-order chi connectivity index (χ0) is 15.2. The predicted molar refractivity (Wildman–Crippen MR) is 72.3 cm³/mol. The van der Waals surface area contributed by atoms with Crippen LogP contribution < -0.4 is 5.32 Å². The average Bonchev–Trinajstić information content (AvgIpc) is 2.27. The van der Waals surface area contributed by atoms with Crippen LogP contribution in [0.25, 0.3) is 0 Å². The van der Waals surface area contributed by atoms with Crippen LogP contribution in [-0.2, 0) is 24.2 Å². The molecular formula is C12H23NO5S. The summed E-state index contributed by atoms with van der Waals surface area (Å²) in [6.07, 6.45) is -0.244. The van der Waals surface area contributed by atoms with Gasteiger partial charge in [-0.2, -0.15) is 0 Å². The molecule has 0 fully saturated rings. The van der Waals surface area contributed by atoms with Crippen LogP contribution in [0, 0.1) is 5.92 Å². The van der Waals surface area contributed by atoms with E-state index in [9.17, 15) is 18.0 Å². The molecule has 0 aromatic rings. The highest BCUT2D eigenvalue weighted by Crippen LogP contribution is 2.08. The number of rotatable bonds is 7. The summed E-state index contributed by atoms with van der Waals surface area (Å²) < 4.78 is 28.2. The van der Waals surface area contributed by atoms with Gasteiger partial charge in [0, 0.05) is 6.04 Å². The molecule has 2 unspecified atom stereocenters. The van der Waals surface area contributed by atoms with E-state index in [0.29, 0.717) is 0 Å². The van der Waals surface area contributed by atoms with Crippen LogP contribution in [0.5, 0.6) is 0 Å². The van der Waals surface area contributed by atoms with Crippen LogP contribution in [0.3, 0.4) is 0 Å². The molecule has 0 saturated carbocycles. The van der Waals surface area contributed by atoms with Crippen LogP contribution >= 0.6 is 0 Å². The molecule has 0 spiro atoms. The van der Waals surface area contributed by atoms with Gasteiger partial charge in [0.25, 0.3) is 0 Å². The number of esters is 1. The van der Waals surface area contributed by atoms with E-state index in [1.165, 1.54) is 14.0 Å². The van der Waals surface area contributed by atoms with Crippen molar-refractivity contribution >= 4 is 21.7 Å². The van der Waals surface area contributed by atoms with Crippen molar-refractivity contribution in [2.24, 2.45) is 5.92 Å². The molecule has 1 N–H and O–H groups in total. The number of carbonyl (C=O) groups is 2. The first kappa shape index (κ1) is 17.9. The molecule has 0 aliphatic rings. The third-order valence-corrected chi connectivity index (χ3v) is 5.07. The molecule has 0 aliphatic carbocycles. The maximum atomic E-state index is 11.9. The number of carbonyl (C=O) groups excluding carboxylic acids is 2. The van der Waals surface area contributed by atoms with Gasteiger partial charge < -0.3 is 10.1 Å². The first-order chi connectivity index (χ1) is 8.60. The van der Waals surface area contributed by atoms with Gasteiger partial charge in [-0.25, -0.2) is 8.42 Å². The van der Waals surface area contributed by atoms with E-state index >= 15 is 0 Å². The molecule has 112 valence electrons. The van der Waals surface area contributed by atoms with E-state index in [2.05, 4.69) is 10.1 Å². The number of methoxy groups -OCH3 is 1. The Balaban J connectivity index is 4.52. The van der Waals surface area contributed by atoms with E-state index in [4.69, 9.17) is 0 Å². The Morgan fingerprint density at radius 2 is 1.68 bits per heavy atom. The lowest BCUT2D eigenvalue weighted by Crippen LogP contribution is -2.41. The van der Waals surface area contributed by atoms with Crippen LogP contribution in [0.4, 0.5) is 0 Å². The molecule has 19 heavy (non-hydrogen) atoms. The SMILES string of the molecule is COC(=O)CC(C)S(=O)(=O)CC(=O)NC(C)C(C)C. The summed E-state index contributed by atoms with van der Waals surface area (Å²) in [5.74, 6) is -1.54. The minimum atomic E-state index is -3.65. The Kier molecular flexibility index (Phi) is 7.04. The van der Waals surface area contributed by atoms with E-state index in [-0.39, 0.29) is 18.4 Å². The number of sulfone groups is 1. The van der Waals surface area contributed by atoms with Crippen molar-refractivity contribution in [2.45, 2.75) is 45.4 Å². The average molecular weight is 293 g/mol. The number of hydrogen-bond acceptors (Lipinski definition) is 5. The zero-order valence-electron chi connectivity index (χ0n) is 12.1. The van der Waals surface area contributed by atoms with Gasteiger partial charge in [-0.3, -0.25) is 9.59 Å². The first-order valence-electron chi connectivity index (χ1n) is 6.18. The number of ether oxygens (including phenoxy) is 1. The maximum absolute atomic E-state index is 11.9. The van der Waals surface area contributed by atoms with Crippen LogP contribution in [-0.4, -0.2) is 44.4 Å². The fourth-order valence-electron chi connectivity index (χ4n) is 1.23. The molecular weight excluding hydrogens is 270 g/mol. The molecule has 0 aromatic carbocycles. The van der Waals surface area contributed by atoms with E-state index in [0.717, 1.165) is 0 Å². The second kappa shape index (κ2) is 7.47. The molecule has 0 aromatic heterocycles. The molecule has 0 radical (unpaired) electrons. The van der Waals surface area contributed by atoms with Crippen molar-refractivity contribution in [2.75, 3.05) is 12.9 Å². The minimum Gasteiger partial charge on any atom is -0.469 e. The highest BCUT2D eigenvalue weighted by molar-refractivity contribution is 7.92. The van der Waals surface area contributed by atoms with Crippen LogP contribution in [0.1, 0.15) is 34.1 Å². The maximum Gasteiger partial charge on any atom is 0.306 e. The van der Waals surface area contributed by atoms with Gasteiger partial charge in [-0.15, -0.1) is 0 Å². The van der Waals surface area contributed by atoms with Gasteiger partial charge in [-0.05, 0) is 19.8 Å². The van der Waals surface area contributed by atoms with Gasteiger partial charge in [0.15, 0.2) is 9.84 Å². The second-order valence-electron chi connectivity index (χ2n) is 5.00. The molecule has 7 heteroatoms. The highest BCUT2D eigenvalue weighted by atomic mass is 32.2. The summed E-state index contributed by atoms with van der Waals surface area (Å²) in [4.78, 5) is 22.7. The highest BCUT2D eigenvalue weighted by Gasteiger charge is 2.27. The summed E-state index contributed by atoms with van der Waals surface area (Å²) in [5.41, 5.74) is 0. The molecule has 6 nitrogen and oxygen atoms in total. The van der Waals surface area contributed by atoms with Gasteiger partial charge in [0.2, 0.25) is 5.91 Å². The molecule has 0 saturated heterocycles. The third-order valence-electron chi connectivity index (χ3n) is 3.02. The van der Waals surface area contributed by atoms with E-state index < -0.39 is 32.7 Å². The quantitative estimate of drug-likeness (QED) is 0.691. The molecule has 0 bridgehead atoms. The smallest absolute Gasteiger partial charge is 0.306 e. The largest absolute Gasteiger partial charge is 0.469 e. The lowest BCUT2D eigenvalue weighted by Gasteiger charge is -2.18. The van der Waals surface area contributed by atoms with Crippen molar-refractivity contribution in [3.05, 3.63) is 0 Å². The van der Waals surface area contributed by atoms with Crippen LogP contribution in [0.15, 0.2) is 0 Å². The van der Waals surface area contributed by atoms with Gasteiger partial charge in [0.1, 0.15) is 5.75 Å². The van der Waals surface area contributed by atoms with Gasteiger partial charge in [-0.1, -0.05) is 13.8 Å². The van der Waals surface area contributed by atoms with Gasteiger partial charge in [0.05, 0.1) is 18.8 Å². The van der Waals surface area contributed by atoms with Crippen molar-refractivity contribution in [1.29, 1.82) is 0 Å². The molecule has 1 amide bonds. The number of hydrogen-bond donors (Lipinski definition) is 1. The number of nitrogens with one attached hydrogen (secondary N) is 1. The molecule has 0 aliphatic heterocycles. The second-order valence-corrected chi connectivity index (χ2v) is 7.42. The Hall–Kier alpha value is -1.11. The Morgan fingerprint density at radius 3 is 2.11 bits per heavy atom. The monoisotopic (exact) mass is 293 g/mol. The van der Waals surface area contributed by atoms with Crippen molar-refractivity contribution in [3.8, 4) is 0 Å². The van der Waals surface area contributed by atoms with Gasteiger partial charge >= 0.3 is 5.97 Å². The summed E-state index contributed by atoms with van der Waals surface area (Å²) in [6, 6.07) is -0.0985. The summed E-state index contributed by atoms with van der Waals surface area (Å²) >= 11 is 0. The van der Waals surface area contributed by atoms with Crippen molar-refractivity contribution in [3.63, 3.8) is 0 Å². The fourth-order valence-corrected chi connectivity index (χ4v) is 2.36. The van der Waals surface area contributed by atoms with E-state index in [1.807, 2.05) is 20.8 Å². The summed E-state index contributed by atoms with van der Waals surface area (Å²) in [7, 11) is -2.46. The minimum absolute atomic E-state index is 0.0985. The molecule has 0 heterocycles. The lowest BCUT2D eigenvalue weighted by molar-refractivity contribution is -0.140. The Morgan fingerprint density at radius 1 is 1.16 bits per heavy atom. The van der Waals surface area contributed by atoms with Crippen molar-refractivity contribution in [1.82, 2.24) is 5.32 Å². The van der Waals surface area contributed by atoms with Crippen LogP contribution in [0.2, 0.25) is 0 Å². The Bertz CT molecular complexity index is 416. The lowest BCUT2D eigenvalue weighted by atomic mass is 10.1. The number of amides is 1. The van der Waals surface area contributed by atoms with Crippen molar-refractivity contribution < 1.29 is 22.7 Å². The molecule has 0 rings (SSSR count). The predicted octanol–water partition coefficient (Wildman–Crippen LogP) is 0.514. The summed E-state index contributed by atoms with van der Waals surface area (Å²) in [6.45, 7) is 7.07. The Labute approximate surface area is 114 Å². The fraction of sp³-hybridized carbons (Fsp3) is 0.833. The third kappa shape index (κ3) is 6.56. The summed E-state index contributed by atoms with van der Waals surface area (Å²) in [5, 5.41) is 1.69. The van der Waals surface area contributed by atoms with E-state index in [1.54, 1.807) is 0 Å².